The van der Waals surface area contributed by atoms with E-state index in [1.54, 1.807) is 24.3 Å². The third-order valence-electron chi connectivity index (χ3n) is 5.27. The number of hydrogen-bond acceptors (Lipinski definition) is 6. The van der Waals surface area contributed by atoms with E-state index in [9.17, 15) is 14.4 Å². The second-order valence-corrected chi connectivity index (χ2v) is 6.28. The number of ether oxygens (including phenoxy) is 3. The maximum Gasteiger partial charge on any atom is 0.338 e. The standard InChI is InChI=1S/C17H16O6/c1-21-16(19)11-9-7-10-12(11)17(20)23-14(10)13(9)22-15(18)8-5-3-2-4-6-8/h2-6,9-14H,7H2,1H3. The Labute approximate surface area is 132 Å². The second kappa shape index (κ2) is 5.08. The van der Waals surface area contributed by atoms with Gasteiger partial charge < -0.3 is 14.2 Å². The van der Waals surface area contributed by atoms with Gasteiger partial charge in [0.05, 0.1) is 24.5 Å². The maximum absolute atomic E-state index is 12.3. The first kappa shape index (κ1) is 14.2. The van der Waals surface area contributed by atoms with Crippen molar-refractivity contribution < 1.29 is 28.6 Å². The normalized spacial score (nSPS) is 36.7. The highest BCUT2D eigenvalue weighted by Crippen LogP contribution is 2.59. The molecular weight excluding hydrogens is 300 g/mol. The van der Waals surface area contributed by atoms with Crippen LogP contribution in [0.5, 0.6) is 0 Å². The summed E-state index contributed by atoms with van der Waals surface area (Å²) in [6, 6.07) is 8.64. The molecule has 6 atom stereocenters. The van der Waals surface area contributed by atoms with Crippen molar-refractivity contribution >= 4 is 17.9 Å². The first-order valence-corrected chi connectivity index (χ1v) is 7.66. The van der Waals surface area contributed by atoms with Gasteiger partial charge in [-0.1, -0.05) is 18.2 Å². The molecule has 1 heterocycles. The Kier molecular flexibility index (Phi) is 3.14. The smallest absolute Gasteiger partial charge is 0.338 e. The van der Waals surface area contributed by atoms with Crippen LogP contribution in [-0.4, -0.2) is 37.2 Å². The summed E-state index contributed by atoms with van der Waals surface area (Å²) >= 11 is 0. The third-order valence-corrected chi connectivity index (χ3v) is 5.27. The SMILES string of the molecule is COC(=O)C1C2CC3C(OC(=O)C31)C2OC(=O)c1ccccc1. The maximum atomic E-state index is 12.3. The molecule has 0 amide bonds. The fourth-order valence-electron chi connectivity index (χ4n) is 4.37. The van der Waals surface area contributed by atoms with Crippen LogP contribution in [0.2, 0.25) is 0 Å². The topological polar surface area (TPSA) is 78.9 Å². The van der Waals surface area contributed by atoms with Gasteiger partial charge in [-0.2, -0.15) is 0 Å². The van der Waals surface area contributed by atoms with Gasteiger partial charge in [0.25, 0.3) is 0 Å². The molecule has 3 fully saturated rings. The summed E-state index contributed by atoms with van der Waals surface area (Å²) < 4.78 is 15.8. The highest BCUT2D eigenvalue weighted by Gasteiger charge is 2.70. The van der Waals surface area contributed by atoms with E-state index in [-0.39, 0.29) is 17.8 Å². The number of rotatable bonds is 3. The number of fused-ring (bicyclic) bond motifs is 1. The Balaban J connectivity index is 1.59. The minimum absolute atomic E-state index is 0.0647. The summed E-state index contributed by atoms with van der Waals surface area (Å²) in [6.45, 7) is 0. The molecule has 0 spiro atoms. The van der Waals surface area contributed by atoms with Crippen LogP contribution >= 0.6 is 0 Å². The van der Waals surface area contributed by atoms with Crippen LogP contribution in [0.1, 0.15) is 16.8 Å². The second-order valence-electron chi connectivity index (χ2n) is 6.28. The van der Waals surface area contributed by atoms with Crippen molar-refractivity contribution in [1.29, 1.82) is 0 Å². The molecule has 1 saturated heterocycles. The van der Waals surface area contributed by atoms with Gasteiger partial charge in [-0.25, -0.2) is 4.79 Å². The minimum Gasteiger partial charge on any atom is -0.469 e. The number of methoxy groups -OCH3 is 1. The largest absolute Gasteiger partial charge is 0.469 e. The molecule has 0 radical (unpaired) electrons. The molecule has 1 aromatic rings. The summed E-state index contributed by atoms with van der Waals surface area (Å²) in [6.07, 6.45) is -0.376. The first-order chi connectivity index (χ1) is 11.1. The highest BCUT2D eigenvalue weighted by atomic mass is 16.6. The Morgan fingerprint density at radius 1 is 1.17 bits per heavy atom. The minimum atomic E-state index is -0.584. The third kappa shape index (κ3) is 1.97. The van der Waals surface area contributed by atoms with E-state index in [2.05, 4.69) is 0 Å². The lowest BCUT2D eigenvalue weighted by Crippen LogP contribution is -2.43. The van der Waals surface area contributed by atoms with E-state index in [0.29, 0.717) is 12.0 Å². The molecule has 2 aliphatic carbocycles. The lowest BCUT2D eigenvalue weighted by Gasteiger charge is -2.29. The predicted molar refractivity (Wildman–Crippen MR) is 76.1 cm³/mol. The summed E-state index contributed by atoms with van der Waals surface area (Å²) in [7, 11) is 1.30. The molecular formula is C17H16O6. The lowest BCUT2D eigenvalue weighted by atomic mass is 9.78. The average molecular weight is 316 g/mol. The van der Waals surface area contributed by atoms with Crippen LogP contribution < -0.4 is 0 Å². The van der Waals surface area contributed by atoms with Crippen molar-refractivity contribution in [3.63, 3.8) is 0 Å². The van der Waals surface area contributed by atoms with E-state index in [0.717, 1.165) is 0 Å². The van der Waals surface area contributed by atoms with Crippen LogP contribution in [0.25, 0.3) is 0 Å². The molecule has 0 aromatic heterocycles. The molecule has 2 saturated carbocycles. The first-order valence-electron chi connectivity index (χ1n) is 7.66. The molecule has 6 unspecified atom stereocenters. The van der Waals surface area contributed by atoms with Crippen molar-refractivity contribution in [3.05, 3.63) is 35.9 Å². The average Bonchev–Trinajstić information content (AvgIpc) is 3.18. The van der Waals surface area contributed by atoms with E-state index >= 15 is 0 Å². The monoisotopic (exact) mass is 316 g/mol. The van der Waals surface area contributed by atoms with E-state index in [1.165, 1.54) is 7.11 Å². The van der Waals surface area contributed by atoms with Gasteiger partial charge in [-0.05, 0) is 18.6 Å². The Hall–Kier alpha value is -2.37. The number of carbonyl (C=O) groups excluding carboxylic acids is 3. The zero-order chi connectivity index (χ0) is 16.1. The number of hydrogen-bond donors (Lipinski definition) is 0. The lowest BCUT2D eigenvalue weighted by molar-refractivity contribution is -0.153. The number of benzene rings is 1. The zero-order valence-electron chi connectivity index (χ0n) is 12.5. The Morgan fingerprint density at radius 3 is 2.61 bits per heavy atom. The van der Waals surface area contributed by atoms with E-state index in [1.807, 2.05) is 6.07 Å². The van der Waals surface area contributed by atoms with Gasteiger partial charge in [0.15, 0.2) is 0 Å². The number of carbonyl (C=O) groups is 3. The molecule has 23 heavy (non-hydrogen) atoms. The summed E-state index contributed by atoms with van der Waals surface area (Å²) in [4.78, 5) is 36.4. The van der Waals surface area contributed by atoms with Crippen LogP contribution in [0.15, 0.2) is 30.3 Å². The van der Waals surface area contributed by atoms with Gasteiger partial charge in [-0.3, -0.25) is 9.59 Å². The Bertz CT molecular complexity index is 669. The number of esters is 3. The highest BCUT2D eigenvalue weighted by molar-refractivity contribution is 5.90. The molecule has 0 N–H and O–H groups in total. The zero-order valence-corrected chi connectivity index (χ0v) is 12.5. The van der Waals surface area contributed by atoms with Crippen LogP contribution in [-0.2, 0) is 23.8 Å². The van der Waals surface area contributed by atoms with Crippen molar-refractivity contribution in [1.82, 2.24) is 0 Å². The van der Waals surface area contributed by atoms with Crippen LogP contribution in [0.3, 0.4) is 0 Å². The van der Waals surface area contributed by atoms with Crippen molar-refractivity contribution in [2.24, 2.45) is 23.7 Å². The Morgan fingerprint density at radius 2 is 1.91 bits per heavy atom. The van der Waals surface area contributed by atoms with E-state index < -0.39 is 36.0 Å². The summed E-state index contributed by atoms with van der Waals surface area (Å²) in [5.41, 5.74) is 0.436. The molecule has 1 aliphatic heterocycles. The van der Waals surface area contributed by atoms with Gasteiger partial charge >= 0.3 is 17.9 Å². The van der Waals surface area contributed by atoms with Crippen LogP contribution in [0, 0.1) is 23.7 Å². The van der Waals surface area contributed by atoms with E-state index in [4.69, 9.17) is 14.2 Å². The van der Waals surface area contributed by atoms with Gasteiger partial charge in [0.2, 0.25) is 0 Å². The van der Waals surface area contributed by atoms with Gasteiger partial charge in [-0.15, -0.1) is 0 Å². The molecule has 6 heteroatoms. The van der Waals surface area contributed by atoms with Gasteiger partial charge in [0, 0.05) is 11.8 Å². The molecule has 3 aliphatic rings. The van der Waals surface area contributed by atoms with Crippen molar-refractivity contribution in [2.45, 2.75) is 18.6 Å². The van der Waals surface area contributed by atoms with Crippen molar-refractivity contribution in [3.8, 4) is 0 Å². The molecule has 6 nitrogen and oxygen atoms in total. The van der Waals surface area contributed by atoms with Crippen LogP contribution in [0.4, 0.5) is 0 Å². The summed E-state index contributed by atoms with van der Waals surface area (Å²) in [5.74, 6) is -2.59. The van der Waals surface area contributed by atoms with Crippen molar-refractivity contribution in [2.75, 3.05) is 7.11 Å². The van der Waals surface area contributed by atoms with Gasteiger partial charge in [0.1, 0.15) is 12.2 Å². The summed E-state index contributed by atoms with van der Waals surface area (Å²) in [5, 5.41) is 0. The molecule has 1 aromatic carbocycles. The quantitative estimate of drug-likeness (QED) is 0.616. The molecule has 4 rings (SSSR count). The molecule has 120 valence electrons. The fraction of sp³-hybridized carbons (Fsp3) is 0.471. The molecule has 2 bridgehead atoms. The predicted octanol–water partition coefficient (Wildman–Crippen LogP) is 1.19. The fourth-order valence-corrected chi connectivity index (χ4v) is 4.37.